The highest BCUT2D eigenvalue weighted by Crippen LogP contribution is 2.32. The van der Waals surface area contributed by atoms with Crippen LogP contribution in [0.4, 0.5) is 0 Å². The van der Waals surface area contributed by atoms with Gasteiger partial charge in [0.2, 0.25) is 0 Å². The second-order valence-electron chi connectivity index (χ2n) is 5.49. The standard InChI is InChI=1S/C16H22BrCl/c17-12-15(14-7-4-8-16(18)11-14)10-9-13-5-2-1-3-6-13/h4,7-8,11,13,15H,1-3,5-6,9-10,12H2. The van der Waals surface area contributed by atoms with Crippen LogP contribution in [-0.2, 0) is 0 Å². The van der Waals surface area contributed by atoms with Crippen molar-refractivity contribution in [3.63, 3.8) is 0 Å². The smallest absolute Gasteiger partial charge is 0.0408 e. The third kappa shape index (κ3) is 4.28. The van der Waals surface area contributed by atoms with Gasteiger partial charge in [-0.1, -0.05) is 71.8 Å². The molecule has 0 aromatic heterocycles. The summed E-state index contributed by atoms with van der Waals surface area (Å²) in [5.41, 5.74) is 1.38. The van der Waals surface area contributed by atoms with Gasteiger partial charge in [-0.25, -0.2) is 0 Å². The predicted molar refractivity (Wildman–Crippen MR) is 83.8 cm³/mol. The molecule has 1 aliphatic carbocycles. The first-order valence-electron chi connectivity index (χ1n) is 7.11. The number of halogens is 2. The highest BCUT2D eigenvalue weighted by molar-refractivity contribution is 9.09. The fourth-order valence-corrected chi connectivity index (χ4v) is 3.90. The van der Waals surface area contributed by atoms with E-state index >= 15 is 0 Å². The molecule has 18 heavy (non-hydrogen) atoms. The zero-order valence-corrected chi connectivity index (χ0v) is 13.2. The van der Waals surface area contributed by atoms with Gasteiger partial charge in [0, 0.05) is 10.4 Å². The van der Waals surface area contributed by atoms with Gasteiger partial charge in [-0.3, -0.25) is 0 Å². The minimum Gasteiger partial charge on any atom is -0.0921 e. The minimum atomic E-state index is 0.616. The lowest BCUT2D eigenvalue weighted by Crippen LogP contribution is -2.09. The van der Waals surface area contributed by atoms with Gasteiger partial charge < -0.3 is 0 Å². The highest BCUT2D eigenvalue weighted by atomic mass is 79.9. The van der Waals surface area contributed by atoms with Crippen molar-refractivity contribution in [3.05, 3.63) is 34.9 Å². The van der Waals surface area contributed by atoms with Crippen molar-refractivity contribution in [3.8, 4) is 0 Å². The molecule has 0 radical (unpaired) electrons. The Labute approximate surface area is 124 Å². The van der Waals surface area contributed by atoms with E-state index in [0.717, 1.165) is 16.3 Å². The van der Waals surface area contributed by atoms with E-state index < -0.39 is 0 Å². The lowest BCUT2D eigenvalue weighted by atomic mass is 9.83. The molecule has 0 heterocycles. The fraction of sp³-hybridized carbons (Fsp3) is 0.625. The van der Waals surface area contributed by atoms with Crippen LogP contribution in [0.3, 0.4) is 0 Å². The van der Waals surface area contributed by atoms with E-state index in [9.17, 15) is 0 Å². The number of hydrogen-bond donors (Lipinski definition) is 0. The number of rotatable bonds is 5. The number of benzene rings is 1. The van der Waals surface area contributed by atoms with E-state index in [2.05, 4.69) is 34.1 Å². The summed E-state index contributed by atoms with van der Waals surface area (Å²) in [5.74, 6) is 1.59. The third-order valence-electron chi connectivity index (χ3n) is 4.15. The molecule has 0 bridgehead atoms. The maximum Gasteiger partial charge on any atom is 0.0408 e. The number of alkyl halides is 1. The molecular weight excluding hydrogens is 308 g/mol. The van der Waals surface area contributed by atoms with E-state index in [1.54, 1.807) is 0 Å². The fourth-order valence-electron chi connectivity index (χ4n) is 3.01. The molecule has 1 fully saturated rings. The molecule has 0 N–H and O–H groups in total. The molecule has 2 rings (SSSR count). The van der Waals surface area contributed by atoms with E-state index in [1.807, 2.05) is 6.07 Å². The molecule has 1 unspecified atom stereocenters. The molecule has 1 aromatic carbocycles. The molecule has 1 aliphatic rings. The van der Waals surface area contributed by atoms with Crippen molar-refractivity contribution >= 4 is 27.5 Å². The first kappa shape index (κ1) is 14.4. The molecule has 1 aromatic rings. The summed E-state index contributed by atoms with van der Waals surface area (Å²) in [5, 5.41) is 1.90. The molecule has 1 atom stereocenters. The third-order valence-corrected chi connectivity index (χ3v) is 5.17. The van der Waals surface area contributed by atoms with Crippen molar-refractivity contribution in [2.24, 2.45) is 5.92 Å². The van der Waals surface area contributed by atoms with Gasteiger partial charge in [0.25, 0.3) is 0 Å². The molecule has 100 valence electrons. The largest absolute Gasteiger partial charge is 0.0921 e. The van der Waals surface area contributed by atoms with E-state index in [4.69, 9.17) is 11.6 Å². The van der Waals surface area contributed by atoms with E-state index in [0.29, 0.717) is 5.92 Å². The second kappa shape index (κ2) is 7.55. The van der Waals surface area contributed by atoms with Gasteiger partial charge in [-0.15, -0.1) is 0 Å². The lowest BCUT2D eigenvalue weighted by molar-refractivity contribution is 0.326. The molecule has 2 heteroatoms. The second-order valence-corrected chi connectivity index (χ2v) is 6.57. The zero-order valence-electron chi connectivity index (χ0n) is 10.9. The van der Waals surface area contributed by atoms with Crippen LogP contribution in [0.2, 0.25) is 5.02 Å². The molecule has 1 saturated carbocycles. The maximum atomic E-state index is 6.08. The summed E-state index contributed by atoms with van der Waals surface area (Å²) in [4.78, 5) is 0. The molecule has 0 amide bonds. The van der Waals surface area contributed by atoms with Gasteiger partial charge in [0.05, 0.1) is 0 Å². The monoisotopic (exact) mass is 328 g/mol. The van der Waals surface area contributed by atoms with Gasteiger partial charge in [-0.05, 0) is 42.4 Å². The van der Waals surface area contributed by atoms with Crippen molar-refractivity contribution in [2.45, 2.75) is 50.9 Å². The Hall–Kier alpha value is -0.0100. The maximum absolute atomic E-state index is 6.08. The van der Waals surface area contributed by atoms with Crippen LogP contribution in [0, 0.1) is 5.92 Å². The molecule has 0 saturated heterocycles. The highest BCUT2D eigenvalue weighted by Gasteiger charge is 2.17. The summed E-state index contributed by atoms with van der Waals surface area (Å²) in [7, 11) is 0. The Morgan fingerprint density at radius 1 is 1.22 bits per heavy atom. The van der Waals surface area contributed by atoms with Crippen molar-refractivity contribution in [1.82, 2.24) is 0 Å². The summed E-state index contributed by atoms with van der Waals surface area (Å²) < 4.78 is 0. The van der Waals surface area contributed by atoms with Crippen LogP contribution in [0.15, 0.2) is 24.3 Å². The first-order chi connectivity index (χ1) is 8.79. The molecule has 0 spiro atoms. The van der Waals surface area contributed by atoms with Crippen LogP contribution in [-0.4, -0.2) is 5.33 Å². The lowest BCUT2D eigenvalue weighted by Gasteiger charge is -2.23. The van der Waals surface area contributed by atoms with Crippen molar-refractivity contribution in [1.29, 1.82) is 0 Å². The summed E-state index contributed by atoms with van der Waals surface area (Å²) in [6.07, 6.45) is 9.91. The molecular formula is C16H22BrCl. The quantitative estimate of drug-likeness (QED) is 0.566. The Morgan fingerprint density at radius 2 is 2.00 bits per heavy atom. The Bertz CT molecular complexity index is 358. The average molecular weight is 330 g/mol. The van der Waals surface area contributed by atoms with Gasteiger partial charge in [0.15, 0.2) is 0 Å². The topological polar surface area (TPSA) is 0 Å². The Balaban J connectivity index is 1.88. The van der Waals surface area contributed by atoms with Crippen LogP contribution in [0.1, 0.15) is 56.4 Å². The van der Waals surface area contributed by atoms with Crippen LogP contribution in [0.25, 0.3) is 0 Å². The summed E-state index contributed by atoms with van der Waals surface area (Å²) in [6, 6.07) is 8.35. The number of hydrogen-bond acceptors (Lipinski definition) is 0. The molecule has 0 aliphatic heterocycles. The van der Waals surface area contributed by atoms with E-state index in [-0.39, 0.29) is 0 Å². The first-order valence-corrected chi connectivity index (χ1v) is 8.61. The predicted octanol–water partition coefficient (Wildman–Crippen LogP) is 6.18. The van der Waals surface area contributed by atoms with Crippen LogP contribution < -0.4 is 0 Å². The minimum absolute atomic E-state index is 0.616. The molecule has 0 nitrogen and oxygen atoms in total. The van der Waals surface area contributed by atoms with E-state index in [1.165, 1.54) is 50.5 Å². The van der Waals surface area contributed by atoms with Crippen LogP contribution in [0.5, 0.6) is 0 Å². The van der Waals surface area contributed by atoms with Crippen molar-refractivity contribution in [2.75, 3.05) is 5.33 Å². The SMILES string of the molecule is Clc1cccc(C(CBr)CCC2CCCCC2)c1. The zero-order chi connectivity index (χ0) is 12.8. The van der Waals surface area contributed by atoms with Gasteiger partial charge in [-0.2, -0.15) is 0 Å². The van der Waals surface area contributed by atoms with Gasteiger partial charge in [0.1, 0.15) is 0 Å². The Kier molecular flexibility index (Phi) is 6.04. The summed E-state index contributed by atoms with van der Waals surface area (Å²) in [6.45, 7) is 0. The summed E-state index contributed by atoms with van der Waals surface area (Å²) >= 11 is 9.74. The average Bonchev–Trinajstić information content (AvgIpc) is 2.41. The Morgan fingerprint density at radius 3 is 2.67 bits per heavy atom. The van der Waals surface area contributed by atoms with Crippen molar-refractivity contribution < 1.29 is 0 Å². The van der Waals surface area contributed by atoms with Gasteiger partial charge >= 0.3 is 0 Å². The van der Waals surface area contributed by atoms with Crippen LogP contribution >= 0.6 is 27.5 Å². The normalized spacial score (nSPS) is 18.8.